The molecule has 1 radical (unpaired) electrons. The van der Waals surface area contributed by atoms with Gasteiger partial charge in [-0.1, -0.05) is 13.8 Å². The van der Waals surface area contributed by atoms with Gasteiger partial charge in [-0.25, -0.2) is 9.10 Å². The van der Waals surface area contributed by atoms with Crippen molar-refractivity contribution in [2.45, 2.75) is 13.8 Å². The maximum atomic E-state index is 11.2. The van der Waals surface area contributed by atoms with Gasteiger partial charge in [0.25, 0.3) is 0 Å². The molecule has 6 nitrogen and oxygen atoms in total. The molecule has 0 atom stereocenters. The summed E-state index contributed by atoms with van der Waals surface area (Å²) < 4.78 is 26.4. The summed E-state index contributed by atoms with van der Waals surface area (Å²) in [4.78, 5) is 11.1. The number of amides is 2. The van der Waals surface area contributed by atoms with Crippen molar-refractivity contribution < 1.29 is 13.2 Å². The number of rotatable bonds is 1. The van der Waals surface area contributed by atoms with Gasteiger partial charge in [0.15, 0.2) is 0 Å². The van der Waals surface area contributed by atoms with Crippen LogP contribution in [-0.2, 0) is 10.2 Å². The normalized spacial score (nSPS) is 19.9. The predicted molar refractivity (Wildman–Crippen MR) is 53.2 cm³/mol. The molecule has 2 amide bonds. The summed E-state index contributed by atoms with van der Waals surface area (Å²) in [6, 6.07) is -0.668. The Bertz CT molecular complexity index is 363. The van der Waals surface area contributed by atoms with Gasteiger partial charge in [-0.2, -0.15) is 8.42 Å². The van der Waals surface area contributed by atoms with E-state index >= 15 is 0 Å². The third kappa shape index (κ3) is 2.69. The van der Waals surface area contributed by atoms with Gasteiger partial charge < -0.3 is 0 Å². The van der Waals surface area contributed by atoms with Crippen molar-refractivity contribution >= 4 is 51.6 Å². The van der Waals surface area contributed by atoms with E-state index in [-0.39, 0.29) is 41.3 Å². The number of hydrogen-bond acceptors (Lipinski definition) is 3. The Balaban J connectivity index is 0.00000169. The zero-order valence-corrected chi connectivity index (χ0v) is 11.4. The molecule has 0 fully saturated rings. The molecule has 1 heterocycles. The summed E-state index contributed by atoms with van der Waals surface area (Å²) in [5.74, 6) is 0.0653. The number of nitrogens with zero attached hydrogens (tertiary/aromatic N) is 2. The number of amidine groups is 1. The fourth-order valence-electron chi connectivity index (χ4n) is 0.751. The maximum Gasteiger partial charge on any atom is 0.349 e. The van der Waals surface area contributed by atoms with Gasteiger partial charge >= 0.3 is 16.2 Å². The van der Waals surface area contributed by atoms with Crippen LogP contribution >= 0.6 is 0 Å². The third-order valence-corrected chi connectivity index (χ3v) is 2.91. The van der Waals surface area contributed by atoms with Crippen LogP contribution in [0.5, 0.6) is 0 Å². The van der Waals surface area contributed by atoms with E-state index in [4.69, 9.17) is 0 Å². The van der Waals surface area contributed by atoms with Gasteiger partial charge in [0.05, 0.1) is 0 Å². The van der Waals surface area contributed by atoms with Gasteiger partial charge in [-0.05, 0) is 0 Å². The first kappa shape index (κ1) is 13.9. The number of urea groups is 1. The molecule has 0 unspecified atom stereocenters. The monoisotopic (exact) mass is 228 g/mol. The Labute approximate surface area is 105 Å². The van der Waals surface area contributed by atoms with Crippen LogP contribution in [0.3, 0.4) is 0 Å². The maximum absolute atomic E-state index is 11.2. The van der Waals surface area contributed by atoms with Gasteiger partial charge in [0.2, 0.25) is 0 Å². The average Bonchev–Trinajstić information content (AvgIpc) is 1.99. The molecule has 0 aromatic heterocycles. The molecule has 0 aromatic carbocycles. The number of carbonyl (C=O) groups excluding carboxylic acids is 1. The van der Waals surface area contributed by atoms with E-state index in [1.807, 2.05) is 0 Å². The van der Waals surface area contributed by atoms with E-state index in [1.165, 1.54) is 0 Å². The van der Waals surface area contributed by atoms with Gasteiger partial charge in [0, 0.05) is 42.5 Å². The fourth-order valence-corrected chi connectivity index (χ4v) is 1.63. The van der Waals surface area contributed by atoms with Crippen molar-refractivity contribution in [3.8, 4) is 0 Å². The first-order valence-corrected chi connectivity index (χ1v) is 5.14. The summed E-state index contributed by atoms with van der Waals surface area (Å²) in [6.45, 7) is 3.50. The minimum Gasteiger partial charge on any atom is -0.294 e. The molecule has 1 aliphatic heterocycles. The Kier molecular flexibility index (Phi) is 4.57. The SMILES string of the molecule is CC(C)C1=NS(=O)(=O)N(C)C(=O)N1.[Na]. The molecule has 75 valence electrons. The zero-order chi connectivity index (χ0) is 10.2. The van der Waals surface area contributed by atoms with Crippen molar-refractivity contribution in [3.05, 3.63) is 0 Å². The smallest absolute Gasteiger partial charge is 0.294 e. The van der Waals surface area contributed by atoms with Crippen molar-refractivity contribution in [2.75, 3.05) is 7.05 Å². The summed E-state index contributed by atoms with van der Waals surface area (Å²) >= 11 is 0. The zero-order valence-electron chi connectivity index (χ0n) is 8.60. The van der Waals surface area contributed by atoms with Crippen molar-refractivity contribution in [1.29, 1.82) is 0 Å². The second-order valence-corrected chi connectivity index (χ2v) is 4.63. The summed E-state index contributed by atoms with van der Waals surface area (Å²) in [5.41, 5.74) is 0. The van der Waals surface area contributed by atoms with Crippen LogP contribution in [0, 0.1) is 5.92 Å². The van der Waals surface area contributed by atoms with Crippen LogP contribution in [0.2, 0.25) is 0 Å². The van der Waals surface area contributed by atoms with E-state index in [0.717, 1.165) is 7.05 Å². The fraction of sp³-hybridized carbons (Fsp3) is 0.667. The Morgan fingerprint density at radius 1 is 1.43 bits per heavy atom. The number of carbonyl (C=O) groups is 1. The van der Waals surface area contributed by atoms with Gasteiger partial charge in [-0.3, -0.25) is 5.32 Å². The molecule has 14 heavy (non-hydrogen) atoms. The molecule has 0 bridgehead atoms. The summed E-state index contributed by atoms with van der Waals surface area (Å²) in [5, 5.41) is 2.38. The van der Waals surface area contributed by atoms with Crippen molar-refractivity contribution in [3.63, 3.8) is 0 Å². The molecule has 0 saturated carbocycles. The standard InChI is InChI=1S/C6H11N3O3S.Na/c1-4(2)5-7-6(10)9(3)13(11,12)8-5;/h4H,1-3H3,(H,7,8,10);. The molecule has 1 rings (SSSR count). The molecule has 0 saturated heterocycles. The molecule has 1 N–H and O–H groups in total. The predicted octanol–water partition coefficient (Wildman–Crippen LogP) is -0.440. The van der Waals surface area contributed by atoms with Gasteiger partial charge in [0.1, 0.15) is 5.84 Å². The molecular weight excluding hydrogens is 217 g/mol. The molecule has 0 aliphatic carbocycles. The minimum atomic E-state index is -3.80. The second-order valence-electron chi connectivity index (χ2n) is 3.01. The van der Waals surface area contributed by atoms with Crippen LogP contribution < -0.4 is 5.32 Å². The largest absolute Gasteiger partial charge is 0.349 e. The van der Waals surface area contributed by atoms with E-state index in [1.54, 1.807) is 13.8 Å². The Morgan fingerprint density at radius 3 is 2.29 bits per heavy atom. The van der Waals surface area contributed by atoms with Crippen LogP contribution in [-0.4, -0.2) is 61.2 Å². The molecule has 0 aromatic rings. The van der Waals surface area contributed by atoms with Gasteiger partial charge in [-0.15, -0.1) is 4.40 Å². The van der Waals surface area contributed by atoms with E-state index in [2.05, 4.69) is 9.71 Å². The number of hydrogen-bond donors (Lipinski definition) is 1. The molecule has 1 aliphatic rings. The Morgan fingerprint density at radius 2 is 1.93 bits per heavy atom. The van der Waals surface area contributed by atoms with Crippen molar-refractivity contribution in [1.82, 2.24) is 9.62 Å². The topological polar surface area (TPSA) is 78.8 Å². The molecular formula is C6H11N3NaO3S. The van der Waals surface area contributed by atoms with Crippen LogP contribution in [0.25, 0.3) is 0 Å². The number of nitrogens with one attached hydrogen (secondary N) is 1. The second kappa shape index (κ2) is 4.61. The molecule has 8 heteroatoms. The first-order chi connectivity index (χ1) is 5.84. The van der Waals surface area contributed by atoms with Crippen LogP contribution in [0.4, 0.5) is 4.79 Å². The first-order valence-electron chi connectivity index (χ1n) is 3.74. The Hall–Kier alpha value is -0.110. The summed E-state index contributed by atoms with van der Waals surface area (Å²) in [7, 11) is -2.64. The van der Waals surface area contributed by atoms with Crippen LogP contribution in [0.15, 0.2) is 4.40 Å². The van der Waals surface area contributed by atoms with E-state index in [9.17, 15) is 13.2 Å². The van der Waals surface area contributed by atoms with Crippen LogP contribution in [0.1, 0.15) is 13.8 Å². The minimum absolute atomic E-state index is 0. The summed E-state index contributed by atoms with van der Waals surface area (Å²) in [6.07, 6.45) is 0. The average molecular weight is 228 g/mol. The third-order valence-electron chi connectivity index (χ3n) is 1.63. The molecule has 0 spiro atoms. The van der Waals surface area contributed by atoms with E-state index in [0.29, 0.717) is 4.31 Å². The van der Waals surface area contributed by atoms with E-state index < -0.39 is 16.2 Å². The van der Waals surface area contributed by atoms with Crippen molar-refractivity contribution in [2.24, 2.45) is 10.3 Å². The quantitative estimate of drug-likeness (QED) is 0.618.